The van der Waals surface area contributed by atoms with Gasteiger partial charge in [-0.15, -0.1) is 0 Å². The minimum absolute atomic E-state index is 0.267. The molecule has 2 aromatic carbocycles. The lowest BCUT2D eigenvalue weighted by atomic mass is 10.1. The number of hydrogen-bond acceptors (Lipinski definition) is 6. The molecule has 0 unspecified atom stereocenters. The van der Waals surface area contributed by atoms with E-state index in [1.54, 1.807) is 36.4 Å². The Bertz CT molecular complexity index is 896. The van der Waals surface area contributed by atoms with E-state index in [1.165, 1.54) is 12.1 Å². The Morgan fingerprint density at radius 2 is 1.15 bits per heavy atom. The highest BCUT2D eigenvalue weighted by Crippen LogP contribution is 2.21. The normalized spacial score (nSPS) is 14.4. The Morgan fingerprint density at radius 3 is 1.54 bits per heavy atom. The number of fused-ring (bicyclic) bond motifs is 2. The molecule has 0 atom stereocenters. The summed E-state index contributed by atoms with van der Waals surface area (Å²) in [6.45, 7) is -0.591. The van der Waals surface area contributed by atoms with Gasteiger partial charge in [0, 0.05) is 0 Å². The van der Waals surface area contributed by atoms with Gasteiger partial charge in [0.15, 0.2) is 0 Å². The maximum atomic E-state index is 11.6. The number of nitrogens with zero attached hydrogens (tertiary/aromatic N) is 1. The third-order valence-corrected chi connectivity index (χ3v) is 3.72. The summed E-state index contributed by atoms with van der Waals surface area (Å²) in [5.41, 5.74) is 1.25. The van der Waals surface area contributed by atoms with Crippen LogP contribution in [-0.2, 0) is 9.53 Å². The molecule has 0 fully saturated rings. The van der Waals surface area contributed by atoms with Crippen molar-refractivity contribution in [1.29, 1.82) is 0 Å². The predicted octanol–water partition coefficient (Wildman–Crippen LogP) is 1.36. The highest BCUT2D eigenvalue weighted by atomic mass is 16.6. The first kappa shape index (κ1) is 17.0. The van der Waals surface area contributed by atoms with Gasteiger partial charge >= 0.3 is 17.9 Å². The fraction of sp³-hybridized carbons (Fsp3) is 0.0556. The lowest BCUT2D eigenvalue weighted by Crippen LogP contribution is -2.34. The van der Waals surface area contributed by atoms with E-state index in [0.717, 1.165) is 4.90 Å². The number of imide groups is 1. The minimum Gasteiger partial charge on any atom is -0.480 e. The van der Waals surface area contributed by atoms with Crippen LogP contribution in [0.15, 0.2) is 48.5 Å². The van der Waals surface area contributed by atoms with E-state index < -0.39 is 36.3 Å². The van der Waals surface area contributed by atoms with Crippen LogP contribution in [0.3, 0.4) is 0 Å². The number of benzene rings is 2. The Labute approximate surface area is 146 Å². The van der Waals surface area contributed by atoms with E-state index in [-0.39, 0.29) is 11.1 Å². The second-order valence-corrected chi connectivity index (χ2v) is 5.36. The first-order valence-corrected chi connectivity index (χ1v) is 7.42. The average Bonchev–Trinajstić information content (AvgIpc) is 3.05. The monoisotopic (exact) mass is 353 g/mol. The second kappa shape index (κ2) is 6.60. The van der Waals surface area contributed by atoms with Gasteiger partial charge in [-0.25, -0.2) is 9.59 Å². The summed E-state index contributed by atoms with van der Waals surface area (Å²) in [4.78, 5) is 56.0. The Hall–Kier alpha value is -3.81. The van der Waals surface area contributed by atoms with Crippen LogP contribution in [0.4, 0.5) is 0 Å². The summed E-state index contributed by atoms with van der Waals surface area (Å²) >= 11 is 0. The molecule has 2 aliphatic heterocycles. The molecule has 4 rings (SSSR count). The van der Waals surface area contributed by atoms with Crippen LogP contribution >= 0.6 is 0 Å². The first-order valence-electron chi connectivity index (χ1n) is 7.42. The summed E-state index contributed by atoms with van der Waals surface area (Å²) in [6, 6.07) is 12.8. The molecule has 0 saturated carbocycles. The van der Waals surface area contributed by atoms with Crippen LogP contribution in [0, 0.1) is 0 Å². The maximum absolute atomic E-state index is 11.6. The van der Waals surface area contributed by atoms with E-state index in [2.05, 4.69) is 4.74 Å². The Kier molecular flexibility index (Phi) is 4.32. The lowest BCUT2D eigenvalue weighted by molar-refractivity contribution is -0.137. The quantitative estimate of drug-likeness (QED) is 0.492. The largest absolute Gasteiger partial charge is 0.480 e. The highest BCUT2D eigenvalue weighted by Gasteiger charge is 2.36. The molecule has 2 aromatic rings. The third kappa shape index (κ3) is 2.95. The van der Waals surface area contributed by atoms with Crippen LogP contribution in [0.5, 0.6) is 0 Å². The van der Waals surface area contributed by atoms with E-state index in [9.17, 15) is 24.0 Å². The van der Waals surface area contributed by atoms with Crippen molar-refractivity contribution in [2.45, 2.75) is 0 Å². The number of rotatable bonds is 2. The lowest BCUT2D eigenvalue weighted by Gasteiger charge is -2.09. The topological polar surface area (TPSA) is 118 Å². The molecule has 1 N–H and O–H groups in total. The fourth-order valence-corrected chi connectivity index (χ4v) is 2.55. The van der Waals surface area contributed by atoms with Crippen molar-refractivity contribution in [1.82, 2.24) is 4.90 Å². The van der Waals surface area contributed by atoms with Crippen molar-refractivity contribution in [2.24, 2.45) is 0 Å². The van der Waals surface area contributed by atoms with Crippen molar-refractivity contribution in [3.8, 4) is 0 Å². The van der Waals surface area contributed by atoms with Gasteiger partial charge in [0.25, 0.3) is 11.8 Å². The fourth-order valence-electron chi connectivity index (χ4n) is 2.55. The molecular weight excluding hydrogens is 342 g/mol. The standard InChI is InChI=1S/C10H7NO4.C8H4O3/c12-8(13)5-11-9(14)6-3-1-2-4-7(6)10(11)15;9-7-5-3-1-2-4-6(5)8(10)11-7/h1-4H,5H2,(H,12,13);1-4H. The number of aliphatic carboxylic acids is 1. The van der Waals surface area contributed by atoms with Crippen molar-refractivity contribution >= 4 is 29.7 Å². The molecule has 2 aliphatic rings. The van der Waals surface area contributed by atoms with Gasteiger partial charge in [-0.05, 0) is 24.3 Å². The molecule has 0 spiro atoms. The third-order valence-electron chi connectivity index (χ3n) is 3.72. The highest BCUT2D eigenvalue weighted by molar-refractivity contribution is 6.22. The molecule has 130 valence electrons. The van der Waals surface area contributed by atoms with Gasteiger partial charge < -0.3 is 9.84 Å². The molecule has 0 radical (unpaired) electrons. The van der Waals surface area contributed by atoms with Crippen LogP contribution in [-0.4, -0.2) is 46.3 Å². The zero-order valence-corrected chi connectivity index (χ0v) is 13.2. The molecule has 2 heterocycles. The summed E-state index contributed by atoms with van der Waals surface area (Å²) < 4.78 is 4.35. The molecule has 0 bridgehead atoms. The number of hydrogen-bond donors (Lipinski definition) is 1. The van der Waals surface area contributed by atoms with Crippen molar-refractivity contribution < 1.29 is 33.8 Å². The summed E-state index contributed by atoms with van der Waals surface area (Å²) in [6.07, 6.45) is 0. The van der Waals surface area contributed by atoms with Gasteiger partial charge in [-0.3, -0.25) is 19.3 Å². The smallest absolute Gasteiger partial charge is 0.346 e. The number of carboxylic acid groups (broad SMARTS) is 1. The van der Waals surface area contributed by atoms with Crippen molar-refractivity contribution in [3.05, 3.63) is 70.8 Å². The van der Waals surface area contributed by atoms with Gasteiger partial charge in [0.05, 0.1) is 22.3 Å². The van der Waals surface area contributed by atoms with Crippen molar-refractivity contribution in [2.75, 3.05) is 6.54 Å². The van der Waals surface area contributed by atoms with E-state index in [4.69, 9.17) is 5.11 Å². The first-order chi connectivity index (χ1) is 12.4. The maximum Gasteiger partial charge on any atom is 0.346 e. The molecule has 2 amide bonds. The van der Waals surface area contributed by atoms with E-state index in [0.29, 0.717) is 11.1 Å². The second-order valence-electron chi connectivity index (χ2n) is 5.36. The predicted molar refractivity (Wildman–Crippen MR) is 85.6 cm³/mol. The van der Waals surface area contributed by atoms with Crippen molar-refractivity contribution in [3.63, 3.8) is 0 Å². The number of ether oxygens (including phenoxy) is 1. The molecule has 8 nitrogen and oxygen atoms in total. The number of amides is 2. The molecule has 0 saturated heterocycles. The summed E-state index contributed by atoms with van der Waals surface area (Å²) in [7, 11) is 0. The average molecular weight is 353 g/mol. The number of carbonyl (C=O) groups excluding carboxylic acids is 4. The number of cyclic esters (lactones) is 2. The number of carboxylic acids is 1. The Morgan fingerprint density at radius 1 is 0.769 bits per heavy atom. The van der Waals surface area contributed by atoms with Gasteiger partial charge in [0.2, 0.25) is 0 Å². The van der Waals surface area contributed by atoms with Gasteiger partial charge in [-0.2, -0.15) is 0 Å². The SMILES string of the molecule is O=C(O)CN1C(=O)c2ccccc2C1=O.O=C1OC(=O)c2ccccc21. The molecule has 8 heteroatoms. The molecule has 0 aliphatic carbocycles. The minimum atomic E-state index is -1.20. The summed E-state index contributed by atoms with van der Waals surface area (Å²) in [5.74, 6) is -3.39. The van der Waals surface area contributed by atoms with E-state index >= 15 is 0 Å². The van der Waals surface area contributed by atoms with Gasteiger partial charge in [0.1, 0.15) is 6.54 Å². The molecular formula is C18H11NO7. The molecule has 26 heavy (non-hydrogen) atoms. The van der Waals surface area contributed by atoms with Crippen LogP contribution in [0.1, 0.15) is 41.4 Å². The van der Waals surface area contributed by atoms with E-state index in [1.807, 2.05) is 0 Å². The Balaban J connectivity index is 0.000000158. The zero-order chi connectivity index (χ0) is 18.8. The zero-order valence-electron chi connectivity index (χ0n) is 13.2. The summed E-state index contributed by atoms with van der Waals surface area (Å²) in [5, 5.41) is 8.54. The van der Waals surface area contributed by atoms with Gasteiger partial charge in [-0.1, -0.05) is 24.3 Å². The van der Waals surface area contributed by atoms with Crippen LogP contribution in [0.25, 0.3) is 0 Å². The number of carbonyl (C=O) groups is 5. The number of esters is 2. The van der Waals surface area contributed by atoms with Crippen LogP contribution in [0.2, 0.25) is 0 Å². The molecule has 0 aromatic heterocycles. The van der Waals surface area contributed by atoms with Crippen LogP contribution < -0.4 is 0 Å².